The van der Waals surface area contributed by atoms with Crippen LogP contribution in [0, 0.1) is 5.92 Å². The molecular weight excluding hydrogens is 268 g/mol. The summed E-state index contributed by atoms with van der Waals surface area (Å²) in [5.41, 5.74) is 1.35. The highest BCUT2D eigenvalue weighted by Gasteiger charge is 2.38. The molecule has 5 nitrogen and oxygen atoms in total. The number of aliphatic carboxylic acids is 1. The van der Waals surface area contributed by atoms with E-state index >= 15 is 0 Å². The molecule has 1 saturated heterocycles. The molecule has 2 aromatic rings. The smallest absolute Gasteiger partial charge is 0.308 e. The minimum Gasteiger partial charge on any atom is -0.481 e. The van der Waals surface area contributed by atoms with Crippen LogP contribution in [-0.4, -0.2) is 39.5 Å². The zero-order valence-corrected chi connectivity index (χ0v) is 11.7. The number of nitrogens with zero attached hydrogens (tertiary/aromatic N) is 2. The van der Waals surface area contributed by atoms with Gasteiger partial charge in [0.05, 0.1) is 11.4 Å². The molecule has 0 saturated carbocycles. The lowest BCUT2D eigenvalue weighted by molar-refractivity contribution is -0.142. The van der Waals surface area contributed by atoms with Gasteiger partial charge in [0, 0.05) is 29.7 Å². The molecule has 3 rings (SSSR count). The van der Waals surface area contributed by atoms with E-state index in [0.717, 1.165) is 10.9 Å². The number of likely N-dealkylation sites (tertiary alicyclic amines) is 1. The first-order valence-corrected chi connectivity index (χ1v) is 6.97. The van der Waals surface area contributed by atoms with Gasteiger partial charge in [0.2, 0.25) is 0 Å². The molecule has 1 N–H and O–H groups in total. The standard InChI is InChI=1S/C16H16N2O3/c1-10-11(16(20)21)7-9-18(10)15(19)13-4-2-6-14-12(13)5-3-8-17-14/h2-6,8,10-11H,7,9H2,1H3,(H,20,21). The van der Waals surface area contributed by atoms with Gasteiger partial charge in [0.25, 0.3) is 5.91 Å². The number of carbonyl (C=O) groups is 2. The van der Waals surface area contributed by atoms with Crippen LogP contribution in [0.4, 0.5) is 0 Å². The van der Waals surface area contributed by atoms with Crippen molar-refractivity contribution in [1.29, 1.82) is 0 Å². The average molecular weight is 284 g/mol. The number of rotatable bonds is 2. The number of carbonyl (C=O) groups excluding carboxylic acids is 1. The lowest BCUT2D eigenvalue weighted by Crippen LogP contribution is -2.37. The fourth-order valence-electron chi connectivity index (χ4n) is 3.00. The maximum Gasteiger partial charge on any atom is 0.308 e. The normalized spacial score (nSPS) is 21.7. The predicted molar refractivity (Wildman–Crippen MR) is 78.0 cm³/mol. The van der Waals surface area contributed by atoms with Crippen molar-refractivity contribution in [2.45, 2.75) is 19.4 Å². The summed E-state index contributed by atoms with van der Waals surface area (Å²) in [4.78, 5) is 29.8. The summed E-state index contributed by atoms with van der Waals surface area (Å²) in [6, 6.07) is 8.81. The van der Waals surface area contributed by atoms with E-state index in [4.69, 9.17) is 0 Å². The van der Waals surface area contributed by atoms with Crippen LogP contribution in [0.25, 0.3) is 10.9 Å². The van der Waals surface area contributed by atoms with Gasteiger partial charge in [-0.25, -0.2) is 0 Å². The molecule has 1 fully saturated rings. The maximum atomic E-state index is 12.7. The highest BCUT2D eigenvalue weighted by atomic mass is 16.4. The van der Waals surface area contributed by atoms with Gasteiger partial charge in [-0.15, -0.1) is 0 Å². The molecule has 5 heteroatoms. The van der Waals surface area contributed by atoms with Gasteiger partial charge >= 0.3 is 5.97 Å². The second-order valence-corrected chi connectivity index (χ2v) is 5.35. The summed E-state index contributed by atoms with van der Waals surface area (Å²) >= 11 is 0. The Morgan fingerprint density at radius 3 is 2.81 bits per heavy atom. The zero-order valence-electron chi connectivity index (χ0n) is 11.7. The lowest BCUT2D eigenvalue weighted by Gasteiger charge is -2.23. The molecule has 1 aliphatic rings. The zero-order chi connectivity index (χ0) is 15.0. The van der Waals surface area contributed by atoms with Gasteiger partial charge in [-0.05, 0) is 31.5 Å². The molecule has 2 atom stereocenters. The maximum absolute atomic E-state index is 12.7. The number of carboxylic acids is 1. The van der Waals surface area contributed by atoms with Crippen molar-refractivity contribution in [1.82, 2.24) is 9.88 Å². The first-order valence-electron chi connectivity index (χ1n) is 6.97. The van der Waals surface area contributed by atoms with E-state index in [-0.39, 0.29) is 11.9 Å². The van der Waals surface area contributed by atoms with Gasteiger partial charge in [-0.3, -0.25) is 14.6 Å². The van der Waals surface area contributed by atoms with Crippen LogP contribution >= 0.6 is 0 Å². The first-order chi connectivity index (χ1) is 10.1. The molecule has 2 heterocycles. The monoisotopic (exact) mass is 284 g/mol. The van der Waals surface area contributed by atoms with E-state index in [0.29, 0.717) is 18.5 Å². The number of hydrogen-bond acceptors (Lipinski definition) is 3. The third-order valence-corrected chi connectivity index (χ3v) is 4.21. The molecule has 0 radical (unpaired) electrons. The van der Waals surface area contributed by atoms with Crippen molar-refractivity contribution in [3.63, 3.8) is 0 Å². The summed E-state index contributed by atoms with van der Waals surface area (Å²) < 4.78 is 0. The van der Waals surface area contributed by atoms with Gasteiger partial charge < -0.3 is 10.0 Å². The van der Waals surface area contributed by atoms with Crippen LogP contribution in [0.2, 0.25) is 0 Å². The Morgan fingerprint density at radius 2 is 2.10 bits per heavy atom. The number of aromatic nitrogens is 1. The number of pyridine rings is 1. The number of hydrogen-bond donors (Lipinski definition) is 1. The van der Waals surface area contributed by atoms with E-state index in [9.17, 15) is 14.7 Å². The Labute approximate surface area is 122 Å². The number of amides is 1. The SMILES string of the molecule is CC1C(C(=O)O)CCN1C(=O)c1cccc2ncccc12. The van der Waals surface area contributed by atoms with Gasteiger partial charge in [0.15, 0.2) is 0 Å². The second-order valence-electron chi connectivity index (χ2n) is 5.35. The molecular formula is C16H16N2O3. The van der Waals surface area contributed by atoms with E-state index in [1.807, 2.05) is 12.1 Å². The van der Waals surface area contributed by atoms with Crippen LogP contribution in [0.15, 0.2) is 36.5 Å². The summed E-state index contributed by atoms with van der Waals surface area (Å²) in [5, 5.41) is 9.98. The van der Waals surface area contributed by atoms with Crippen LogP contribution in [0.5, 0.6) is 0 Å². The number of fused-ring (bicyclic) bond motifs is 1. The Bertz CT molecular complexity index is 708. The third-order valence-electron chi connectivity index (χ3n) is 4.21. The second kappa shape index (κ2) is 5.16. The van der Waals surface area contributed by atoms with Crippen molar-refractivity contribution < 1.29 is 14.7 Å². The molecule has 2 unspecified atom stereocenters. The quantitative estimate of drug-likeness (QED) is 0.917. The van der Waals surface area contributed by atoms with Crippen LogP contribution in [0.1, 0.15) is 23.7 Å². The molecule has 0 spiro atoms. The minimum atomic E-state index is -0.836. The predicted octanol–water partition coefficient (Wildman–Crippen LogP) is 2.17. The average Bonchev–Trinajstić information content (AvgIpc) is 2.88. The summed E-state index contributed by atoms with van der Waals surface area (Å²) in [6.07, 6.45) is 2.20. The minimum absolute atomic E-state index is 0.121. The van der Waals surface area contributed by atoms with Crippen LogP contribution in [0.3, 0.4) is 0 Å². The van der Waals surface area contributed by atoms with E-state index < -0.39 is 11.9 Å². The van der Waals surface area contributed by atoms with Gasteiger partial charge in [-0.1, -0.05) is 12.1 Å². The molecule has 0 bridgehead atoms. The Hall–Kier alpha value is -2.43. The van der Waals surface area contributed by atoms with Crippen molar-refractivity contribution in [3.8, 4) is 0 Å². The third kappa shape index (κ3) is 2.24. The highest BCUT2D eigenvalue weighted by molar-refractivity contribution is 6.06. The van der Waals surface area contributed by atoms with E-state index in [2.05, 4.69) is 4.98 Å². The lowest BCUT2D eigenvalue weighted by atomic mass is 10.0. The largest absolute Gasteiger partial charge is 0.481 e. The molecule has 1 aliphatic heterocycles. The fraction of sp³-hybridized carbons (Fsp3) is 0.312. The van der Waals surface area contributed by atoms with Crippen molar-refractivity contribution in [3.05, 3.63) is 42.1 Å². The van der Waals surface area contributed by atoms with Crippen LogP contribution in [-0.2, 0) is 4.79 Å². The van der Waals surface area contributed by atoms with Crippen LogP contribution < -0.4 is 0 Å². The molecule has 1 amide bonds. The van der Waals surface area contributed by atoms with Crippen molar-refractivity contribution in [2.75, 3.05) is 6.54 Å². The van der Waals surface area contributed by atoms with Gasteiger partial charge in [0.1, 0.15) is 0 Å². The molecule has 21 heavy (non-hydrogen) atoms. The topological polar surface area (TPSA) is 70.5 Å². The van der Waals surface area contributed by atoms with Gasteiger partial charge in [-0.2, -0.15) is 0 Å². The van der Waals surface area contributed by atoms with E-state index in [1.54, 1.807) is 36.2 Å². The van der Waals surface area contributed by atoms with E-state index in [1.165, 1.54) is 0 Å². The molecule has 108 valence electrons. The Morgan fingerprint density at radius 1 is 1.29 bits per heavy atom. The first kappa shape index (κ1) is 13.5. The van der Waals surface area contributed by atoms with Crippen molar-refractivity contribution in [2.24, 2.45) is 5.92 Å². The number of carboxylic acid groups (broad SMARTS) is 1. The summed E-state index contributed by atoms with van der Waals surface area (Å²) in [5.74, 6) is -1.44. The molecule has 1 aromatic carbocycles. The van der Waals surface area contributed by atoms with Crippen molar-refractivity contribution >= 4 is 22.8 Å². The fourth-order valence-corrected chi connectivity index (χ4v) is 3.00. The number of benzene rings is 1. The highest BCUT2D eigenvalue weighted by Crippen LogP contribution is 2.27. The molecule has 1 aromatic heterocycles. The summed E-state index contributed by atoms with van der Waals surface area (Å²) in [7, 11) is 0. The Kier molecular flexibility index (Phi) is 3.33. The Balaban J connectivity index is 1.97. The summed E-state index contributed by atoms with van der Waals surface area (Å²) in [6.45, 7) is 2.28. The molecule has 0 aliphatic carbocycles.